The normalized spacial score (nSPS) is 18.1. The van der Waals surface area contributed by atoms with Crippen LogP contribution in [0.1, 0.15) is 25.3 Å². The molecule has 20 heavy (non-hydrogen) atoms. The van der Waals surface area contributed by atoms with Gasteiger partial charge in [-0.3, -0.25) is 4.72 Å². The van der Waals surface area contributed by atoms with Crippen molar-refractivity contribution in [3.63, 3.8) is 0 Å². The van der Waals surface area contributed by atoms with Crippen molar-refractivity contribution in [3.05, 3.63) is 29.8 Å². The third kappa shape index (κ3) is 3.94. The first-order chi connectivity index (χ1) is 9.51. The van der Waals surface area contributed by atoms with Crippen molar-refractivity contribution in [1.82, 2.24) is 9.62 Å². The molecule has 1 saturated heterocycles. The summed E-state index contributed by atoms with van der Waals surface area (Å²) >= 11 is 0. The Morgan fingerprint density at radius 3 is 2.35 bits per heavy atom. The molecule has 0 amide bonds. The van der Waals surface area contributed by atoms with E-state index in [0.29, 0.717) is 24.7 Å². The second-order valence-corrected chi connectivity index (χ2v) is 7.09. The van der Waals surface area contributed by atoms with Crippen molar-refractivity contribution < 1.29 is 8.42 Å². The van der Waals surface area contributed by atoms with Crippen LogP contribution in [0.5, 0.6) is 0 Å². The molecule has 6 heteroatoms. The monoisotopic (exact) mass is 297 g/mol. The number of piperidine rings is 1. The van der Waals surface area contributed by atoms with Crippen LogP contribution in [0.2, 0.25) is 0 Å². The fourth-order valence-electron chi connectivity index (χ4n) is 2.33. The molecule has 1 aromatic rings. The Balaban J connectivity index is 2.00. The van der Waals surface area contributed by atoms with Gasteiger partial charge >= 0.3 is 10.2 Å². The summed E-state index contributed by atoms with van der Waals surface area (Å²) < 4.78 is 28.7. The van der Waals surface area contributed by atoms with E-state index < -0.39 is 10.2 Å². The summed E-state index contributed by atoms with van der Waals surface area (Å²) in [6, 6.07) is 7.45. The summed E-state index contributed by atoms with van der Waals surface area (Å²) in [5.74, 6) is 0.613. The fraction of sp³-hybridized carbons (Fsp3) is 0.571. The molecule has 0 aromatic heterocycles. The van der Waals surface area contributed by atoms with Crippen LogP contribution in [0.3, 0.4) is 0 Å². The maximum atomic E-state index is 12.3. The van der Waals surface area contributed by atoms with Gasteiger partial charge in [-0.05, 0) is 43.5 Å². The standard InChI is InChI=1S/C14H23N3O2S/c1-12-7-9-17(10-8-12)20(18,19)16-14-5-3-13(4-6-14)11-15-2/h3-6,12,15-16H,7-11H2,1-2H3. The molecule has 0 spiro atoms. The number of nitrogens with zero attached hydrogens (tertiary/aromatic N) is 1. The molecule has 2 rings (SSSR count). The molecule has 1 heterocycles. The van der Waals surface area contributed by atoms with Gasteiger partial charge in [-0.15, -0.1) is 0 Å². The highest BCUT2D eigenvalue weighted by Gasteiger charge is 2.26. The molecular formula is C14H23N3O2S. The zero-order chi connectivity index (χ0) is 14.6. The van der Waals surface area contributed by atoms with E-state index in [1.54, 1.807) is 12.1 Å². The summed E-state index contributed by atoms with van der Waals surface area (Å²) in [5, 5.41) is 3.06. The van der Waals surface area contributed by atoms with Crippen molar-refractivity contribution in [1.29, 1.82) is 0 Å². The van der Waals surface area contributed by atoms with Crippen LogP contribution in [-0.4, -0.2) is 32.9 Å². The zero-order valence-electron chi connectivity index (χ0n) is 12.1. The van der Waals surface area contributed by atoms with Gasteiger partial charge in [0.15, 0.2) is 0 Å². The molecular weight excluding hydrogens is 274 g/mol. The van der Waals surface area contributed by atoms with Crippen LogP contribution in [0.15, 0.2) is 24.3 Å². The van der Waals surface area contributed by atoms with Crippen molar-refractivity contribution in [3.8, 4) is 0 Å². The first kappa shape index (κ1) is 15.3. The lowest BCUT2D eigenvalue weighted by Gasteiger charge is -2.29. The topological polar surface area (TPSA) is 61.4 Å². The summed E-state index contributed by atoms with van der Waals surface area (Å²) in [5.41, 5.74) is 1.74. The molecule has 0 saturated carbocycles. The van der Waals surface area contributed by atoms with E-state index in [9.17, 15) is 8.42 Å². The van der Waals surface area contributed by atoms with Crippen molar-refractivity contribution in [2.24, 2.45) is 5.92 Å². The lowest BCUT2D eigenvalue weighted by atomic mass is 10.0. The lowest BCUT2D eigenvalue weighted by molar-refractivity contribution is 0.289. The molecule has 0 atom stereocenters. The van der Waals surface area contributed by atoms with E-state index in [1.165, 1.54) is 4.31 Å². The van der Waals surface area contributed by atoms with Crippen LogP contribution in [0.25, 0.3) is 0 Å². The van der Waals surface area contributed by atoms with Gasteiger partial charge in [-0.2, -0.15) is 12.7 Å². The largest absolute Gasteiger partial charge is 0.316 e. The van der Waals surface area contributed by atoms with Crippen molar-refractivity contribution in [2.75, 3.05) is 24.9 Å². The maximum Gasteiger partial charge on any atom is 0.301 e. The van der Waals surface area contributed by atoms with E-state index in [1.807, 2.05) is 19.2 Å². The van der Waals surface area contributed by atoms with E-state index in [-0.39, 0.29) is 0 Å². The van der Waals surface area contributed by atoms with Gasteiger partial charge in [0.2, 0.25) is 0 Å². The van der Waals surface area contributed by atoms with Gasteiger partial charge < -0.3 is 5.32 Å². The lowest BCUT2D eigenvalue weighted by Crippen LogP contribution is -2.41. The average molecular weight is 297 g/mol. The summed E-state index contributed by atoms with van der Waals surface area (Å²) in [6.07, 6.45) is 1.87. The quantitative estimate of drug-likeness (QED) is 0.871. The summed E-state index contributed by atoms with van der Waals surface area (Å²) in [6.45, 7) is 4.15. The molecule has 1 aromatic carbocycles. The predicted molar refractivity (Wildman–Crippen MR) is 81.7 cm³/mol. The van der Waals surface area contributed by atoms with Crippen LogP contribution in [0.4, 0.5) is 5.69 Å². The van der Waals surface area contributed by atoms with E-state index in [4.69, 9.17) is 0 Å². The van der Waals surface area contributed by atoms with Gasteiger partial charge in [0.25, 0.3) is 0 Å². The number of benzene rings is 1. The molecule has 0 radical (unpaired) electrons. The number of anilines is 1. The van der Waals surface area contributed by atoms with Gasteiger partial charge in [0.1, 0.15) is 0 Å². The van der Waals surface area contributed by atoms with E-state index in [2.05, 4.69) is 17.0 Å². The molecule has 0 bridgehead atoms. The molecule has 0 aliphatic carbocycles. The SMILES string of the molecule is CNCc1ccc(NS(=O)(=O)N2CCC(C)CC2)cc1. The molecule has 1 aliphatic rings. The number of hydrogen-bond acceptors (Lipinski definition) is 3. The highest BCUT2D eigenvalue weighted by atomic mass is 32.2. The van der Waals surface area contributed by atoms with Crippen molar-refractivity contribution in [2.45, 2.75) is 26.3 Å². The fourth-order valence-corrected chi connectivity index (χ4v) is 3.59. The molecule has 0 unspecified atom stereocenters. The van der Waals surface area contributed by atoms with E-state index in [0.717, 1.165) is 24.9 Å². The minimum atomic E-state index is -3.42. The molecule has 5 nitrogen and oxygen atoms in total. The smallest absolute Gasteiger partial charge is 0.301 e. The van der Waals surface area contributed by atoms with Gasteiger partial charge in [0, 0.05) is 25.3 Å². The predicted octanol–water partition coefficient (Wildman–Crippen LogP) is 1.79. The number of nitrogens with one attached hydrogen (secondary N) is 2. The Morgan fingerprint density at radius 2 is 1.80 bits per heavy atom. The Hall–Kier alpha value is -1.11. The Kier molecular flexibility index (Phi) is 5.01. The van der Waals surface area contributed by atoms with Gasteiger partial charge in [0.05, 0.1) is 0 Å². The molecule has 2 N–H and O–H groups in total. The van der Waals surface area contributed by atoms with Crippen LogP contribution >= 0.6 is 0 Å². The Morgan fingerprint density at radius 1 is 1.20 bits per heavy atom. The minimum Gasteiger partial charge on any atom is -0.316 e. The third-order valence-electron chi connectivity index (χ3n) is 3.66. The second kappa shape index (κ2) is 6.56. The van der Waals surface area contributed by atoms with E-state index >= 15 is 0 Å². The van der Waals surface area contributed by atoms with Crippen LogP contribution in [-0.2, 0) is 16.8 Å². The molecule has 1 aliphatic heterocycles. The summed E-state index contributed by atoms with van der Waals surface area (Å²) in [7, 11) is -1.53. The zero-order valence-corrected chi connectivity index (χ0v) is 12.9. The second-order valence-electron chi connectivity index (χ2n) is 5.42. The molecule has 112 valence electrons. The average Bonchev–Trinajstić information content (AvgIpc) is 2.41. The third-order valence-corrected chi connectivity index (χ3v) is 5.20. The highest BCUT2D eigenvalue weighted by Crippen LogP contribution is 2.20. The van der Waals surface area contributed by atoms with Gasteiger partial charge in [-0.1, -0.05) is 19.1 Å². The summed E-state index contributed by atoms with van der Waals surface area (Å²) in [4.78, 5) is 0. The Labute approximate surface area is 121 Å². The first-order valence-electron chi connectivity index (χ1n) is 7.02. The first-order valence-corrected chi connectivity index (χ1v) is 8.46. The van der Waals surface area contributed by atoms with Crippen LogP contribution in [0, 0.1) is 5.92 Å². The van der Waals surface area contributed by atoms with Crippen LogP contribution < -0.4 is 10.0 Å². The highest BCUT2D eigenvalue weighted by molar-refractivity contribution is 7.90. The number of hydrogen-bond donors (Lipinski definition) is 2. The molecule has 1 fully saturated rings. The van der Waals surface area contributed by atoms with Gasteiger partial charge in [-0.25, -0.2) is 0 Å². The number of rotatable bonds is 5. The van der Waals surface area contributed by atoms with Crippen molar-refractivity contribution >= 4 is 15.9 Å². The Bertz CT molecular complexity index is 520. The maximum absolute atomic E-state index is 12.3. The minimum absolute atomic E-state index is 0.605.